The first kappa shape index (κ1) is 14.1. The van der Waals surface area contributed by atoms with Gasteiger partial charge >= 0.3 is 0 Å². The molecule has 0 bridgehead atoms. The molecule has 0 saturated carbocycles. The van der Waals surface area contributed by atoms with Gasteiger partial charge < -0.3 is 4.57 Å². The van der Waals surface area contributed by atoms with E-state index in [0.29, 0.717) is 10.8 Å². The molecule has 0 atom stereocenters. The molecule has 8 heteroatoms. The van der Waals surface area contributed by atoms with Crippen LogP contribution in [0.25, 0.3) is 11.2 Å². The molecule has 0 fully saturated rings. The van der Waals surface area contributed by atoms with Crippen molar-refractivity contribution in [3.63, 3.8) is 0 Å². The molecule has 3 aromatic rings. The van der Waals surface area contributed by atoms with E-state index in [1.54, 1.807) is 12.4 Å². The van der Waals surface area contributed by atoms with Gasteiger partial charge in [-0.3, -0.25) is 10.9 Å². The number of imidazole rings is 1. The van der Waals surface area contributed by atoms with Gasteiger partial charge in [0.1, 0.15) is 6.33 Å². The Morgan fingerprint density at radius 2 is 2.10 bits per heavy atom. The molecule has 2 N–H and O–H groups in total. The minimum absolute atomic E-state index is 0.623. The van der Waals surface area contributed by atoms with E-state index in [1.807, 2.05) is 23.6 Å². The summed E-state index contributed by atoms with van der Waals surface area (Å²) in [5, 5.41) is 0.659. The number of benzene rings is 1. The Kier molecular flexibility index (Phi) is 3.94. The highest BCUT2D eigenvalue weighted by atomic mass is 79.9. The molecular weight excluding hydrogens is 356 g/mol. The third-order valence-corrected chi connectivity index (χ3v) is 4.20. The number of nitrogens with zero attached hydrogens (tertiary/aromatic N) is 4. The molecule has 0 aliphatic rings. The fraction of sp³-hybridized carbons (Fsp3) is 0.154. The van der Waals surface area contributed by atoms with E-state index in [1.165, 1.54) is 6.33 Å². The first-order chi connectivity index (χ1) is 10.2. The van der Waals surface area contributed by atoms with Crippen molar-refractivity contribution in [1.82, 2.24) is 19.5 Å². The van der Waals surface area contributed by atoms with Crippen LogP contribution >= 0.6 is 27.5 Å². The molecule has 2 aromatic heterocycles. The number of hydrogen-bond donors (Lipinski definition) is 2. The highest BCUT2D eigenvalue weighted by Crippen LogP contribution is 2.26. The second-order valence-corrected chi connectivity index (χ2v) is 5.57. The molecule has 0 unspecified atom stereocenters. The highest BCUT2D eigenvalue weighted by Gasteiger charge is 2.09. The third-order valence-electron chi connectivity index (χ3n) is 2.99. The number of halogens is 2. The molecule has 0 amide bonds. The van der Waals surface area contributed by atoms with Gasteiger partial charge in [0.05, 0.1) is 17.0 Å². The molecule has 1 aromatic carbocycles. The molecule has 108 valence electrons. The highest BCUT2D eigenvalue weighted by molar-refractivity contribution is 9.10. The van der Waals surface area contributed by atoms with Crippen LogP contribution in [0.5, 0.6) is 0 Å². The number of aryl methyl sites for hydroxylation is 1. The summed E-state index contributed by atoms with van der Waals surface area (Å²) in [5.74, 6) is 0.623. The molecule has 0 aliphatic heterocycles. The molecule has 2 heterocycles. The average Bonchev–Trinajstić information content (AvgIpc) is 2.92. The number of anilines is 2. The van der Waals surface area contributed by atoms with Crippen LogP contribution in [-0.4, -0.2) is 19.5 Å². The maximum atomic E-state index is 5.97. The fourth-order valence-electron chi connectivity index (χ4n) is 1.91. The standard InChI is InChI=1S/C13H12BrClN6/c1-2-21-7-18-11-12(16-6-17-13(11)21)20-19-8-3-4-10(15)9(14)5-8/h3-7,19H,2H2,1H3,(H,16,17,20). The summed E-state index contributed by atoms with van der Waals surface area (Å²) >= 11 is 9.35. The topological polar surface area (TPSA) is 67.7 Å². The van der Waals surface area contributed by atoms with E-state index >= 15 is 0 Å². The number of rotatable bonds is 4. The van der Waals surface area contributed by atoms with Crippen molar-refractivity contribution in [2.24, 2.45) is 0 Å². The minimum atomic E-state index is 0.623. The van der Waals surface area contributed by atoms with Crippen molar-refractivity contribution >= 4 is 50.2 Å². The zero-order valence-electron chi connectivity index (χ0n) is 11.1. The van der Waals surface area contributed by atoms with Gasteiger partial charge in [0, 0.05) is 11.0 Å². The SMILES string of the molecule is CCn1cnc2c(NNc3ccc(Cl)c(Br)c3)ncnc21. The molecule has 0 spiro atoms. The Bertz CT molecular complexity index is 787. The smallest absolute Gasteiger partial charge is 0.176 e. The Morgan fingerprint density at radius 3 is 2.86 bits per heavy atom. The Morgan fingerprint density at radius 1 is 1.24 bits per heavy atom. The number of fused-ring (bicyclic) bond motifs is 1. The quantitative estimate of drug-likeness (QED) is 0.688. The maximum Gasteiger partial charge on any atom is 0.176 e. The maximum absolute atomic E-state index is 5.97. The molecule has 21 heavy (non-hydrogen) atoms. The van der Waals surface area contributed by atoms with Crippen molar-refractivity contribution in [2.75, 3.05) is 10.9 Å². The lowest BCUT2D eigenvalue weighted by Crippen LogP contribution is -2.10. The van der Waals surface area contributed by atoms with Gasteiger partial charge in [-0.05, 0) is 41.1 Å². The monoisotopic (exact) mass is 366 g/mol. The lowest BCUT2D eigenvalue weighted by atomic mass is 10.3. The Hall–Kier alpha value is -1.86. The summed E-state index contributed by atoms with van der Waals surface area (Å²) in [7, 11) is 0. The Labute approximate surface area is 134 Å². The first-order valence-electron chi connectivity index (χ1n) is 6.32. The second-order valence-electron chi connectivity index (χ2n) is 4.30. The molecule has 3 rings (SSSR count). The van der Waals surface area contributed by atoms with Gasteiger partial charge in [-0.15, -0.1) is 0 Å². The zero-order chi connectivity index (χ0) is 14.8. The largest absolute Gasteiger partial charge is 0.315 e. The normalized spacial score (nSPS) is 10.8. The van der Waals surface area contributed by atoms with E-state index in [4.69, 9.17) is 11.6 Å². The number of hydrazine groups is 1. The van der Waals surface area contributed by atoms with Crippen LogP contribution in [0.1, 0.15) is 6.92 Å². The lowest BCUT2D eigenvalue weighted by molar-refractivity contribution is 0.777. The van der Waals surface area contributed by atoms with E-state index in [0.717, 1.165) is 27.9 Å². The minimum Gasteiger partial charge on any atom is -0.315 e. The van der Waals surface area contributed by atoms with Crippen LogP contribution in [0, 0.1) is 0 Å². The predicted molar refractivity (Wildman–Crippen MR) is 87.4 cm³/mol. The molecule has 6 nitrogen and oxygen atoms in total. The number of hydrogen-bond acceptors (Lipinski definition) is 5. The van der Waals surface area contributed by atoms with Crippen LogP contribution < -0.4 is 10.9 Å². The second kappa shape index (κ2) is 5.87. The van der Waals surface area contributed by atoms with Gasteiger partial charge in [0.2, 0.25) is 0 Å². The van der Waals surface area contributed by atoms with Gasteiger partial charge in [0.25, 0.3) is 0 Å². The van der Waals surface area contributed by atoms with Crippen molar-refractivity contribution in [1.29, 1.82) is 0 Å². The summed E-state index contributed by atoms with van der Waals surface area (Å²) in [6.07, 6.45) is 3.27. The van der Waals surface area contributed by atoms with Gasteiger partial charge in [-0.1, -0.05) is 11.6 Å². The van der Waals surface area contributed by atoms with Crippen LogP contribution in [0.4, 0.5) is 11.5 Å². The summed E-state index contributed by atoms with van der Waals surface area (Å²) in [5.41, 5.74) is 8.49. The average molecular weight is 368 g/mol. The summed E-state index contributed by atoms with van der Waals surface area (Å²) in [6, 6.07) is 5.54. The van der Waals surface area contributed by atoms with Gasteiger partial charge in [-0.25, -0.2) is 15.0 Å². The zero-order valence-corrected chi connectivity index (χ0v) is 13.5. The van der Waals surface area contributed by atoms with Crippen molar-refractivity contribution in [3.05, 3.63) is 40.3 Å². The number of nitrogens with one attached hydrogen (secondary N) is 2. The van der Waals surface area contributed by atoms with Gasteiger partial charge in [-0.2, -0.15) is 0 Å². The fourth-order valence-corrected chi connectivity index (χ4v) is 2.41. The summed E-state index contributed by atoms with van der Waals surface area (Å²) in [4.78, 5) is 12.8. The van der Waals surface area contributed by atoms with Crippen LogP contribution in [-0.2, 0) is 6.54 Å². The van der Waals surface area contributed by atoms with Crippen molar-refractivity contribution in [3.8, 4) is 0 Å². The molecular formula is C13H12BrClN6. The lowest BCUT2D eigenvalue weighted by Gasteiger charge is -2.10. The van der Waals surface area contributed by atoms with E-state index < -0.39 is 0 Å². The molecule has 0 radical (unpaired) electrons. The summed E-state index contributed by atoms with van der Waals surface area (Å²) in [6.45, 7) is 2.85. The molecule has 0 aliphatic carbocycles. The predicted octanol–water partition coefficient (Wildman–Crippen LogP) is 3.70. The molecule has 0 saturated heterocycles. The van der Waals surface area contributed by atoms with Gasteiger partial charge in [0.15, 0.2) is 17.0 Å². The van der Waals surface area contributed by atoms with E-state index in [2.05, 4.69) is 41.7 Å². The summed E-state index contributed by atoms with van der Waals surface area (Å²) < 4.78 is 2.78. The third kappa shape index (κ3) is 2.79. The van der Waals surface area contributed by atoms with Crippen molar-refractivity contribution in [2.45, 2.75) is 13.5 Å². The van der Waals surface area contributed by atoms with E-state index in [-0.39, 0.29) is 0 Å². The van der Waals surface area contributed by atoms with Crippen LogP contribution in [0.2, 0.25) is 5.02 Å². The Balaban J connectivity index is 1.85. The first-order valence-corrected chi connectivity index (χ1v) is 7.49. The van der Waals surface area contributed by atoms with Crippen LogP contribution in [0.3, 0.4) is 0 Å². The van der Waals surface area contributed by atoms with Crippen LogP contribution in [0.15, 0.2) is 35.3 Å². The van der Waals surface area contributed by atoms with E-state index in [9.17, 15) is 0 Å². The van der Waals surface area contributed by atoms with Crippen molar-refractivity contribution < 1.29 is 0 Å². The number of aromatic nitrogens is 4.